The summed E-state index contributed by atoms with van der Waals surface area (Å²) in [4.78, 5) is 27.2. The number of benzene rings is 1. The van der Waals surface area contributed by atoms with Crippen molar-refractivity contribution in [1.29, 1.82) is 0 Å². The lowest BCUT2D eigenvalue weighted by molar-refractivity contribution is -0.144. The number of rotatable bonds is 4. The molecule has 1 aliphatic heterocycles. The summed E-state index contributed by atoms with van der Waals surface area (Å²) in [6.45, 7) is 7.98. The maximum absolute atomic E-state index is 13.5. The van der Waals surface area contributed by atoms with Gasteiger partial charge in [-0.15, -0.1) is 5.10 Å². The molecule has 0 spiro atoms. The molecular weight excluding hydrogens is 370 g/mol. The van der Waals surface area contributed by atoms with E-state index in [9.17, 15) is 14.7 Å². The predicted molar refractivity (Wildman–Crippen MR) is 109 cm³/mol. The normalized spacial score (nSPS) is 20.6. The number of aromatic nitrogens is 3. The van der Waals surface area contributed by atoms with Gasteiger partial charge in [-0.05, 0) is 18.4 Å². The van der Waals surface area contributed by atoms with Crippen molar-refractivity contribution in [1.82, 2.24) is 25.2 Å². The van der Waals surface area contributed by atoms with Gasteiger partial charge in [-0.2, -0.15) is 0 Å². The predicted octanol–water partition coefficient (Wildman–Crippen LogP) is 1.55. The Bertz CT molecular complexity index is 902. The van der Waals surface area contributed by atoms with E-state index in [0.717, 1.165) is 11.1 Å². The molecule has 2 aromatic rings. The third-order valence-corrected chi connectivity index (χ3v) is 5.25. The van der Waals surface area contributed by atoms with Crippen LogP contribution in [0.4, 0.5) is 0 Å². The number of β-amino-alcohol motifs (C(OH)–C–C–N with tert-alkyl or cyclic N) is 1. The summed E-state index contributed by atoms with van der Waals surface area (Å²) in [5, 5.41) is 21.2. The monoisotopic (exact) mass is 399 g/mol. The lowest BCUT2D eigenvalue weighted by atomic mass is 9.85. The second kappa shape index (κ2) is 7.94. The smallest absolute Gasteiger partial charge is 0.248 e. The van der Waals surface area contributed by atoms with Crippen molar-refractivity contribution < 1.29 is 14.7 Å². The molecule has 0 bridgehead atoms. The fourth-order valence-electron chi connectivity index (χ4n) is 3.85. The molecule has 1 saturated heterocycles. The van der Waals surface area contributed by atoms with Gasteiger partial charge in [0.25, 0.3) is 0 Å². The lowest BCUT2D eigenvalue weighted by Crippen LogP contribution is -2.49. The van der Waals surface area contributed by atoms with Gasteiger partial charge in [0.1, 0.15) is 17.8 Å². The number of amides is 2. The van der Waals surface area contributed by atoms with Crippen LogP contribution in [0.5, 0.6) is 0 Å². The van der Waals surface area contributed by atoms with E-state index < -0.39 is 23.6 Å². The summed E-state index contributed by atoms with van der Waals surface area (Å²) in [5.74, 6) is -0.523. The molecule has 29 heavy (non-hydrogen) atoms. The van der Waals surface area contributed by atoms with Crippen LogP contribution in [0.2, 0.25) is 0 Å². The molecule has 2 heterocycles. The first kappa shape index (κ1) is 21.0. The van der Waals surface area contributed by atoms with Gasteiger partial charge >= 0.3 is 0 Å². The van der Waals surface area contributed by atoms with Crippen molar-refractivity contribution in [3.63, 3.8) is 0 Å². The van der Waals surface area contributed by atoms with Crippen LogP contribution in [-0.2, 0) is 9.59 Å². The van der Waals surface area contributed by atoms with E-state index >= 15 is 0 Å². The van der Waals surface area contributed by atoms with Crippen molar-refractivity contribution >= 4 is 11.8 Å². The maximum atomic E-state index is 13.5. The SMILES string of the molecule is CNC(=O)[C@@H]1C[C@@H](O)CN1C(=O)[C@@H](n1cc(-c2cccc(C)c2)nn1)C(C)(C)C. The Balaban J connectivity index is 1.95. The molecular formula is C21H29N5O3. The zero-order chi connectivity index (χ0) is 21.3. The Morgan fingerprint density at radius 2 is 2.03 bits per heavy atom. The molecule has 1 aromatic carbocycles. The van der Waals surface area contributed by atoms with E-state index in [2.05, 4.69) is 15.6 Å². The summed E-state index contributed by atoms with van der Waals surface area (Å²) < 4.78 is 1.58. The molecule has 3 atom stereocenters. The Morgan fingerprint density at radius 1 is 1.31 bits per heavy atom. The number of nitrogens with zero attached hydrogens (tertiary/aromatic N) is 4. The highest BCUT2D eigenvalue weighted by atomic mass is 16.3. The van der Waals surface area contributed by atoms with E-state index in [0.29, 0.717) is 5.69 Å². The van der Waals surface area contributed by atoms with Crippen LogP contribution in [0.25, 0.3) is 11.3 Å². The quantitative estimate of drug-likeness (QED) is 0.812. The van der Waals surface area contributed by atoms with Gasteiger partial charge < -0.3 is 15.3 Å². The van der Waals surface area contributed by atoms with Crippen LogP contribution >= 0.6 is 0 Å². The number of carbonyl (C=O) groups excluding carboxylic acids is 2. The summed E-state index contributed by atoms with van der Waals surface area (Å²) in [6, 6.07) is 6.58. The Hall–Kier alpha value is -2.74. The van der Waals surface area contributed by atoms with Crippen LogP contribution in [0.3, 0.4) is 0 Å². The molecule has 1 fully saturated rings. The Kier molecular flexibility index (Phi) is 5.75. The van der Waals surface area contributed by atoms with Gasteiger partial charge in [0.15, 0.2) is 0 Å². The lowest BCUT2D eigenvalue weighted by Gasteiger charge is -2.34. The number of hydrogen-bond acceptors (Lipinski definition) is 5. The van der Waals surface area contributed by atoms with Crippen molar-refractivity contribution in [3.8, 4) is 11.3 Å². The summed E-state index contributed by atoms with van der Waals surface area (Å²) in [7, 11) is 1.53. The highest BCUT2D eigenvalue weighted by Crippen LogP contribution is 2.35. The first-order valence-electron chi connectivity index (χ1n) is 9.81. The minimum absolute atomic E-state index is 0.128. The fraction of sp³-hybridized carbons (Fsp3) is 0.524. The molecule has 156 valence electrons. The zero-order valence-electron chi connectivity index (χ0n) is 17.6. The number of aliphatic hydroxyl groups is 1. The first-order chi connectivity index (χ1) is 13.6. The first-order valence-corrected chi connectivity index (χ1v) is 9.81. The van der Waals surface area contributed by atoms with Crippen LogP contribution < -0.4 is 5.32 Å². The largest absolute Gasteiger partial charge is 0.391 e. The van der Waals surface area contributed by atoms with Crippen LogP contribution in [-0.4, -0.2) is 62.6 Å². The number of likely N-dealkylation sites (N-methyl/N-ethyl adjacent to an activating group) is 1. The van der Waals surface area contributed by atoms with E-state index in [1.54, 1.807) is 10.9 Å². The number of aliphatic hydroxyl groups excluding tert-OH is 1. The van der Waals surface area contributed by atoms with Crippen molar-refractivity contribution in [2.24, 2.45) is 5.41 Å². The standard InChI is InChI=1S/C21H29N5O3/c1-13-7-6-8-14(9-13)16-12-26(24-23-16)18(21(2,3)4)20(29)25-11-15(27)10-17(25)19(28)22-5/h6-9,12,15,17-18,27H,10-11H2,1-5H3,(H,22,28)/t15-,17+,18-/m1/s1. The molecule has 2 N–H and O–H groups in total. The molecule has 0 saturated carbocycles. The van der Waals surface area contributed by atoms with E-state index in [-0.39, 0.29) is 24.8 Å². The molecule has 8 heteroatoms. The third kappa shape index (κ3) is 4.32. The van der Waals surface area contributed by atoms with Gasteiger partial charge in [-0.1, -0.05) is 49.7 Å². The third-order valence-electron chi connectivity index (χ3n) is 5.25. The fourth-order valence-corrected chi connectivity index (χ4v) is 3.85. The molecule has 0 unspecified atom stereocenters. The Labute approximate surface area is 170 Å². The molecule has 1 aromatic heterocycles. The molecule has 1 aliphatic rings. The molecule has 3 rings (SSSR count). The number of likely N-dealkylation sites (tertiary alicyclic amines) is 1. The second-order valence-electron chi connectivity index (χ2n) is 8.73. The van der Waals surface area contributed by atoms with Crippen LogP contribution in [0.15, 0.2) is 30.5 Å². The summed E-state index contributed by atoms with van der Waals surface area (Å²) >= 11 is 0. The van der Waals surface area contributed by atoms with Gasteiger partial charge in [0.2, 0.25) is 11.8 Å². The number of hydrogen-bond donors (Lipinski definition) is 2. The molecule has 2 amide bonds. The summed E-state index contributed by atoms with van der Waals surface area (Å²) in [5.41, 5.74) is 2.24. The molecule has 0 aliphatic carbocycles. The van der Waals surface area contributed by atoms with Crippen LogP contribution in [0.1, 0.15) is 38.8 Å². The average molecular weight is 399 g/mol. The van der Waals surface area contributed by atoms with Gasteiger partial charge in [-0.25, -0.2) is 4.68 Å². The minimum Gasteiger partial charge on any atom is -0.391 e. The molecule has 8 nitrogen and oxygen atoms in total. The van der Waals surface area contributed by atoms with E-state index in [1.807, 2.05) is 52.0 Å². The van der Waals surface area contributed by atoms with E-state index in [4.69, 9.17) is 0 Å². The average Bonchev–Trinajstić information content (AvgIpc) is 3.27. The van der Waals surface area contributed by atoms with Crippen LogP contribution in [0, 0.1) is 12.3 Å². The summed E-state index contributed by atoms with van der Waals surface area (Å²) in [6.07, 6.45) is 1.28. The second-order valence-corrected chi connectivity index (χ2v) is 8.73. The van der Waals surface area contributed by atoms with Crippen molar-refractivity contribution in [2.75, 3.05) is 13.6 Å². The highest BCUT2D eigenvalue weighted by molar-refractivity contribution is 5.90. The highest BCUT2D eigenvalue weighted by Gasteiger charge is 2.45. The number of aryl methyl sites for hydroxylation is 1. The number of nitrogens with one attached hydrogen (secondary N) is 1. The minimum atomic E-state index is -0.722. The maximum Gasteiger partial charge on any atom is 0.248 e. The van der Waals surface area contributed by atoms with Crippen molar-refractivity contribution in [2.45, 2.75) is 52.3 Å². The molecule has 0 radical (unpaired) electrons. The topological polar surface area (TPSA) is 100 Å². The number of carbonyl (C=O) groups is 2. The van der Waals surface area contributed by atoms with Crippen molar-refractivity contribution in [3.05, 3.63) is 36.0 Å². The van der Waals surface area contributed by atoms with E-state index in [1.165, 1.54) is 11.9 Å². The van der Waals surface area contributed by atoms with Gasteiger partial charge in [0, 0.05) is 25.6 Å². The Morgan fingerprint density at radius 3 is 2.66 bits per heavy atom. The van der Waals surface area contributed by atoms with Gasteiger partial charge in [-0.3, -0.25) is 9.59 Å². The zero-order valence-corrected chi connectivity index (χ0v) is 17.6. The van der Waals surface area contributed by atoms with Gasteiger partial charge in [0.05, 0.1) is 12.3 Å².